The van der Waals surface area contributed by atoms with Crippen LogP contribution in [0.25, 0.3) is 75.2 Å². The molecule has 52 heavy (non-hydrogen) atoms. The highest BCUT2D eigenvalue weighted by Crippen LogP contribution is 2.46. The fourth-order valence-electron chi connectivity index (χ4n) is 8.25. The van der Waals surface area contributed by atoms with Crippen molar-refractivity contribution in [3.8, 4) is 11.4 Å². The summed E-state index contributed by atoms with van der Waals surface area (Å²) < 4.78 is 7.48. The van der Waals surface area contributed by atoms with Crippen molar-refractivity contribution in [3.63, 3.8) is 0 Å². The third kappa shape index (κ3) is 4.31. The Balaban J connectivity index is 1.18. The minimum absolute atomic E-state index is 1.11. The Labute approximate surface area is 304 Å². The number of aromatic nitrogens is 2. The molecule has 0 aliphatic heterocycles. The lowest BCUT2D eigenvalue weighted by atomic mass is 10.1. The minimum Gasteiger partial charge on any atom is -0.310 e. The van der Waals surface area contributed by atoms with Crippen molar-refractivity contribution in [1.29, 1.82) is 0 Å². The first-order valence-electron chi connectivity index (χ1n) is 17.7. The summed E-state index contributed by atoms with van der Waals surface area (Å²) >= 11 is 1.90. The molecule has 0 N–H and O–H groups in total. The molecule has 0 radical (unpaired) electrons. The molecule has 11 rings (SSSR count). The lowest BCUT2D eigenvalue weighted by molar-refractivity contribution is 1.17. The predicted octanol–water partition coefficient (Wildman–Crippen LogP) is 13.7. The van der Waals surface area contributed by atoms with Crippen LogP contribution in [0.15, 0.2) is 188 Å². The Kier molecular flexibility index (Phi) is 6.42. The number of benzene rings is 8. The molecule has 0 aliphatic carbocycles. The van der Waals surface area contributed by atoms with E-state index in [2.05, 4.69) is 202 Å². The molecule has 3 heterocycles. The van der Waals surface area contributed by atoms with Crippen molar-refractivity contribution in [3.05, 3.63) is 188 Å². The molecule has 0 amide bonds. The first-order valence-corrected chi connectivity index (χ1v) is 18.5. The van der Waals surface area contributed by atoms with Crippen LogP contribution in [0.3, 0.4) is 0 Å². The van der Waals surface area contributed by atoms with Gasteiger partial charge in [-0.1, -0.05) is 103 Å². The smallest absolute Gasteiger partial charge is 0.0562 e. The fourth-order valence-corrected chi connectivity index (χ4v) is 9.50. The fraction of sp³-hybridized carbons (Fsp3) is 0. The molecule has 0 unspecified atom stereocenters. The summed E-state index contributed by atoms with van der Waals surface area (Å²) in [6, 6.07) is 68.3. The molecule has 3 aromatic heterocycles. The molecule has 0 fully saturated rings. The van der Waals surface area contributed by atoms with Gasteiger partial charge in [0.05, 0.1) is 22.1 Å². The summed E-state index contributed by atoms with van der Waals surface area (Å²) in [6.45, 7) is 0. The van der Waals surface area contributed by atoms with Crippen LogP contribution in [-0.4, -0.2) is 9.13 Å². The summed E-state index contributed by atoms with van der Waals surface area (Å²) in [6.07, 6.45) is 0. The summed E-state index contributed by atoms with van der Waals surface area (Å²) in [5.74, 6) is 0. The van der Waals surface area contributed by atoms with Crippen molar-refractivity contribution in [2.24, 2.45) is 0 Å². The van der Waals surface area contributed by atoms with Gasteiger partial charge in [0.1, 0.15) is 0 Å². The lowest BCUT2D eigenvalue weighted by Crippen LogP contribution is -2.10. The van der Waals surface area contributed by atoms with E-state index in [9.17, 15) is 0 Å². The van der Waals surface area contributed by atoms with Gasteiger partial charge in [-0.15, -0.1) is 11.3 Å². The van der Waals surface area contributed by atoms with Crippen LogP contribution in [0, 0.1) is 0 Å². The van der Waals surface area contributed by atoms with Gasteiger partial charge in [-0.05, 0) is 84.9 Å². The summed E-state index contributed by atoms with van der Waals surface area (Å²) in [7, 11) is 0. The standard InChI is InChI=1S/C48H31N3S/c1-4-14-32(15-5-1)49(35-25-28-43-41(30-35)37-20-10-12-22-42(37)50(43)33-16-6-2-7-17-33)36-24-26-40-45(31-36)51(34-18-8-3-9-19-34)44-29-27-39-38-21-11-13-23-46(38)52-48(39)47(40)44/h1-31H. The van der Waals surface area contributed by atoms with Crippen LogP contribution in [0.4, 0.5) is 17.1 Å². The van der Waals surface area contributed by atoms with Gasteiger partial charge in [0.2, 0.25) is 0 Å². The van der Waals surface area contributed by atoms with E-state index < -0.39 is 0 Å². The second-order valence-corrected chi connectivity index (χ2v) is 14.4. The normalized spacial score (nSPS) is 11.8. The minimum atomic E-state index is 1.11. The van der Waals surface area contributed by atoms with E-state index in [1.165, 1.54) is 63.8 Å². The van der Waals surface area contributed by atoms with E-state index in [1.54, 1.807) is 0 Å². The maximum atomic E-state index is 2.44. The van der Waals surface area contributed by atoms with Gasteiger partial charge in [0.15, 0.2) is 0 Å². The molecule has 0 saturated heterocycles. The van der Waals surface area contributed by atoms with Crippen LogP contribution in [-0.2, 0) is 0 Å². The van der Waals surface area contributed by atoms with Gasteiger partial charge in [0, 0.05) is 70.2 Å². The van der Waals surface area contributed by atoms with Crippen LogP contribution >= 0.6 is 11.3 Å². The molecule has 244 valence electrons. The number of anilines is 3. The molecule has 8 aromatic carbocycles. The third-order valence-electron chi connectivity index (χ3n) is 10.5. The maximum absolute atomic E-state index is 2.44. The lowest BCUT2D eigenvalue weighted by Gasteiger charge is -2.26. The Morgan fingerprint density at radius 3 is 1.67 bits per heavy atom. The number of nitrogens with zero attached hydrogens (tertiary/aromatic N) is 3. The Morgan fingerprint density at radius 2 is 0.904 bits per heavy atom. The molecule has 3 nitrogen and oxygen atoms in total. The third-order valence-corrected chi connectivity index (χ3v) is 11.7. The topological polar surface area (TPSA) is 13.1 Å². The molecular weight excluding hydrogens is 651 g/mol. The van der Waals surface area contributed by atoms with Gasteiger partial charge in [-0.3, -0.25) is 0 Å². The SMILES string of the molecule is c1ccc(N(c2ccc3c(c2)c2ccccc2n3-c2ccccc2)c2ccc3c4c5sc6ccccc6c5ccc4n(-c4ccccc4)c3c2)cc1. The van der Waals surface area contributed by atoms with E-state index >= 15 is 0 Å². The van der Waals surface area contributed by atoms with Crippen molar-refractivity contribution in [2.75, 3.05) is 4.90 Å². The zero-order valence-electron chi connectivity index (χ0n) is 28.1. The van der Waals surface area contributed by atoms with Gasteiger partial charge in [-0.2, -0.15) is 0 Å². The Bertz CT molecular complexity index is 3120. The van der Waals surface area contributed by atoms with Crippen LogP contribution in [0.5, 0.6) is 0 Å². The number of rotatable bonds is 5. The van der Waals surface area contributed by atoms with Crippen LogP contribution < -0.4 is 4.90 Å². The molecule has 0 bridgehead atoms. The molecular formula is C48H31N3S. The van der Waals surface area contributed by atoms with Gasteiger partial charge < -0.3 is 14.0 Å². The number of thiophene rings is 1. The largest absolute Gasteiger partial charge is 0.310 e. The molecule has 4 heteroatoms. The Morgan fingerprint density at radius 1 is 0.346 bits per heavy atom. The average molecular weight is 682 g/mol. The highest BCUT2D eigenvalue weighted by Gasteiger charge is 2.21. The Hall–Kier alpha value is -6.62. The molecule has 11 aromatic rings. The number of fused-ring (bicyclic) bond motifs is 10. The number of hydrogen-bond donors (Lipinski definition) is 0. The first-order chi connectivity index (χ1) is 25.8. The summed E-state index contributed by atoms with van der Waals surface area (Å²) in [4.78, 5) is 2.40. The molecule has 0 saturated carbocycles. The van der Waals surface area contributed by atoms with E-state index in [4.69, 9.17) is 0 Å². The highest BCUT2D eigenvalue weighted by atomic mass is 32.1. The maximum Gasteiger partial charge on any atom is 0.0562 e. The van der Waals surface area contributed by atoms with Crippen molar-refractivity contribution in [1.82, 2.24) is 9.13 Å². The van der Waals surface area contributed by atoms with E-state index in [0.717, 1.165) is 28.4 Å². The molecule has 0 aliphatic rings. The van der Waals surface area contributed by atoms with Gasteiger partial charge in [-0.25, -0.2) is 0 Å². The first kappa shape index (κ1) is 29.1. The van der Waals surface area contributed by atoms with E-state index in [1.807, 2.05) is 11.3 Å². The predicted molar refractivity (Wildman–Crippen MR) is 223 cm³/mol. The van der Waals surface area contributed by atoms with Crippen LogP contribution in [0.1, 0.15) is 0 Å². The second kappa shape index (κ2) is 11.5. The summed E-state index contributed by atoms with van der Waals surface area (Å²) in [5, 5.41) is 7.67. The second-order valence-electron chi connectivity index (χ2n) is 13.4. The van der Waals surface area contributed by atoms with Crippen molar-refractivity contribution >= 4 is 92.2 Å². The summed E-state index contributed by atoms with van der Waals surface area (Å²) in [5.41, 5.74) is 10.5. The molecule has 0 atom stereocenters. The highest BCUT2D eigenvalue weighted by molar-refractivity contribution is 7.26. The van der Waals surface area contributed by atoms with E-state index in [-0.39, 0.29) is 0 Å². The quantitative estimate of drug-likeness (QED) is 0.176. The number of hydrogen-bond acceptors (Lipinski definition) is 2. The zero-order chi connectivity index (χ0) is 34.2. The molecule has 0 spiro atoms. The number of para-hydroxylation sites is 4. The van der Waals surface area contributed by atoms with Gasteiger partial charge in [0.25, 0.3) is 0 Å². The van der Waals surface area contributed by atoms with E-state index in [0.29, 0.717) is 0 Å². The van der Waals surface area contributed by atoms with Gasteiger partial charge >= 0.3 is 0 Å². The van der Waals surface area contributed by atoms with Crippen molar-refractivity contribution < 1.29 is 0 Å². The van der Waals surface area contributed by atoms with Crippen molar-refractivity contribution in [2.45, 2.75) is 0 Å². The van der Waals surface area contributed by atoms with Crippen LogP contribution in [0.2, 0.25) is 0 Å². The zero-order valence-corrected chi connectivity index (χ0v) is 29.0. The average Bonchev–Trinajstić information content (AvgIpc) is 3.86. The monoisotopic (exact) mass is 681 g/mol.